The molecule has 0 aliphatic carbocycles. The quantitative estimate of drug-likeness (QED) is 0.0791. The summed E-state index contributed by atoms with van der Waals surface area (Å²) in [7, 11) is -3.01. The monoisotopic (exact) mass is 643 g/mol. The van der Waals surface area contributed by atoms with E-state index in [1.807, 2.05) is 30.3 Å². The highest BCUT2D eigenvalue weighted by Gasteiger charge is 2.18. The number of hydrogen-bond acceptors (Lipinski definition) is 4. The van der Waals surface area contributed by atoms with Gasteiger partial charge in [0.15, 0.2) is 0 Å². The van der Waals surface area contributed by atoms with Gasteiger partial charge in [0.1, 0.15) is 5.75 Å². The maximum atomic E-state index is 13.1. The minimum Gasteiger partial charge on any atom is -0.497 e. The van der Waals surface area contributed by atoms with Crippen molar-refractivity contribution in [2.45, 2.75) is 64.3 Å². The fourth-order valence-corrected chi connectivity index (χ4v) is 5.87. The topological polar surface area (TPSA) is 96.3 Å². The van der Waals surface area contributed by atoms with Crippen LogP contribution >= 0.6 is 7.82 Å². The van der Waals surface area contributed by atoms with Gasteiger partial charge in [-0.05, 0) is 90.5 Å². The molecule has 7 nitrogen and oxygen atoms in total. The average molecular weight is 644 g/mol. The van der Waals surface area contributed by atoms with Crippen molar-refractivity contribution in [1.29, 1.82) is 0 Å². The third-order valence-corrected chi connectivity index (χ3v) is 8.61. The lowest BCUT2D eigenvalue weighted by atomic mass is 9.99. The zero-order valence-electron chi connectivity index (χ0n) is 26.7. The number of carbonyl (C=O) groups excluding carboxylic acids is 1. The van der Waals surface area contributed by atoms with Gasteiger partial charge in [-0.1, -0.05) is 97.4 Å². The van der Waals surface area contributed by atoms with Crippen LogP contribution in [-0.2, 0) is 39.7 Å². The molecule has 0 aliphatic heterocycles. The Hall–Kier alpha value is -3.74. The average Bonchev–Trinajstić information content (AvgIpc) is 3.06. The predicted octanol–water partition coefficient (Wildman–Crippen LogP) is 8.17. The molecule has 1 amide bonds. The molecule has 0 spiro atoms. The summed E-state index contributed by atoms with van der Waals surface area (Å²) < 4.78 is 20.9. The molecule has 0 heterocycles. The van der Waals surface area contributed by atoms with E-state index in [1.54, 1.807) is 12.0 Å². The molecule has 4 rings (SSSR count). The number of benzene rings is 4. The Morgan fingerprint density at radius 1 is 0.674 bits per heavy atom. The van der Waals surface area contributed by atoms with Crippen molar-refractivity contribution in [3.8, 4) is 16.9 Å². The van der Waals surface area contributed by atoms with Crippen molar-refractivity contribution in [2.24, 2.45) is 0 Å². The SMILES string of the molecule is COc1ccc(CN(CCOP(=O)(O)O)C(=O)CCCCc2cccc(CCCCCc3ccc(-c4ccccc4)cc3)c2)cc1. The maximum Gasteiger partial charge on any atom is 0.469 e. The second-order valence-electron chi connectivity index (χ2n) is 11.6. The smallest absolute Gasteiger partial charge is 0.469 e. The summed E-state index contributed by atoms with van der Waals surface area (Å²) in [5.74, 6) is 0.655. The molecule has 2 N–H and O–H groups in total. The molecule has 0 aromatic heterocycles. The number of rotatable bonds is 19. The van der Waals surface area contributed by atoms with Crippen LogP contribution in [0.5, 0.6) is 5.75 Å². The Balaban J connectivity index is 1.16. The highest BCUT2D eigenvalue weighted by Crippen LogP contribution is 2.35. The maximum absolute atomic E-state index is 13.1. The van der Waals surface area contributed by atoms with Crippen molar-refractivity contribution in [2.75, 3.05) is 20.3 Å². The van der Waals surface area contributed by atoms with E-state index in [2.05, 4.69) is 77.3 Å². The number of unbranched alkanes of at least 4 members (excludes halogenated alkanes) is 3. The van der Waals surface area contributed by atoms with E-state index in [0.717, 1.165) is 49.8 Å². The molecule has 8 heteroatoms. The number of hydrogen-bond donors (Lipinski definition) is 2. The largest absolute Gasteiger partial charge is 0.497 e. The first kappa shape index (κ1) is 35.1. The second kappa shape index (κ2) is 18.4. The first-order valence-electron chi connectivity index (χ1n) is 16.1. The van der Waals surface area contributed by atoms with E-state index in [1.165, 1.54) is 40.7 Å². The summed E-state index contributed by atoms with van der Waals surface area (Å²) in [6.45, 7) is 0.190. The highest BCUT2D eigenvalue weighted by molar-refractivity contribution is 7.46. The van der Waals surface area contributed by atoms with Crippen molar-refractivity contribution < 1.29 is 28.4 Å². The number of aryl methyl sites for hydroxylation is 3. The van der Waals surface area contributed by atoms with Crippen LogP contribution in [0.3, 0.4) is 0 Å². The Labute approximate surface area is 273 Å². The van der Waals surface area contributed by atoms with Gasteiger partial charge in [-0.2, -0.15) is 0 Å². The minimum atomic E-state index is -4.60. The van der Waals surface area contributed by atoms with E-state index in [0.29, 0.717) is 13.0 Å². The van der Waals surface area contributed by atoms with E-state index in [9.17, 15) is 9.36 Å². The second-order valence-corrected chi connectivity index (χ2v) is 12.9. The number of nitrogens with zero attached hydrogens (tertiary/aromatic N) is 1. The van der Waals surface area contributed by atoms with Crippen LogP contribution < -0.4 is 4.74 Å². The fourth-order valence-electron chi connectivity index (χ4n) is 5.55. The number of amides is 1. The molecule has 0 unspecified atom stereocenters. The molecule has 0 saturated heterocycles. The van der Waals surface area contributed by atoms with E-state index in [4.69, 9.17) is 14.5 Å². The number of ether oxygens (including phenoxy) is 1. The lowest BCUT2D eigenvalue weighted by Crippen LogP contribution is -2.33. The number of phosphoric ester groups is 1. The van der Waals surface area contributed by atoms with Crippen LogP contribution in [0.15, 0.2) is 103 Å². The van der Waals surface area contributed by atoms with Gasteiger partial charge in [0.05, 0.1) is 13.7 Å². The van der Waals surface area contributed by atoms with Crippen molar-refractivity contribution in [3.05, 3.63) is 125 Å². The molecule has 0 atom stereocenters. The Kier molecular flexibility index (Phi) is 14.1. The molecule has 244 valence electrons. The third kappa shape index (κ3) is 12.6. The normalized spacial score (nSPS) is 11.4. The first-order chi connectivity index (χ1) is 22.3. The van der Waals surface area contributed by atoms with Gasteiger partial charge < -0.3 is 19.4 Å². The Morgan fingerprint density at radius 2 is 1.26 bits per heavy atom. The van der Waals surface area contributed by atoms with Gasteiger partial charge in [-0.3, -0.25) is 9.32 Å². The standard InChI is InChI=1S/C38H46NO6P/c1-44-37-25-21-34(22-26-37)30-39(27-28-45-46(41,42)43)38(40)18-9-8-13-33-15-10-14-32(29-33)12-5-2-4-11-31-19-23-36(24-20-31)35-16-6-3-7-17-35/h3,6-7,10,14-17,19-26,29H,2,4-5,8-9,11-13,18,27-28,30H2,1H3,(H2,41,42,43). The van der Waals surface area contributed by atoms with Gasteiger partial charge in [0.2, 0.25) is 5.91 Å². The molecule has 0 bridgehead atoms. The molecular weight excluding hydrogens is 597 g/mol. The fraction of sp³-hybridized carbons (Fsp3) is 0.342. The van der Waals surface area contributed by atoms with E-state index in [-0.39, 0.29) is 19.1 Å². The first-order valence-corrected chi connectivity index (χ1v) is 17.6. The Morgan fingerprint density at radius 3 is 1.89 bits per heavy atom. The van der Waals surface area contributed by atoms with Crippen LogP contribution in [0.1, 0.15) is 60.8 Å². The summed E-state index contributed by atoms with van der Waals surface area (Å²) in [5.41, 5.74) is 7.44. The summed E-state index contributed by atoms with van der Waals surface area (Å²) >= 11 is 0. The van der Waals surface area contributed by atoms with Crippen molar-refractivity contribution in [3.63, 3.8) is 0 Å². The molecule has 0 fully saturated rings. The molecular formula is C38H46NO6P. The third-order valence-electron chi connectivity index (χ3n) is 8.10. The van der Waals surface area contributed by atoms with Gasteiger partial charge >= 0.3 is 7.82 Å². The zero-order chi connectivity index (χ0) is 32.6. The lowest BCUT2D eigenvalue weighted by Gasteiger charge is -2.23. The predicted molar refractivity (Wildman–Crippen MR) is 184 cm³/mol. The van der Waals surface area contributed by atoms with E-state index >= 15 is 0 Å². The summed E-state index contributed by atoms with van der Waals surface area (Å²) in [6, 6.07) is 35.6. The van der Waals surface area contributed by atoms with Crippen LogP contribution in [0.25, 0.3) is 11.1 Å². The van der Waals surface area contributed by atoms with Crippen LogP contribution in [0.2, 0.25) is 0 Å². The molecule has 46 heavy (non-hydrogen) atoms. The Bertz CT molecular complexity index is 1520. The highest BCUT2D eigenvalue weighted by atomic mass is 31.2. The van der Waals surface area contributed by atoms with Crippen LogP contribution in [0, 0.1) is 0 Å². The summed E-state index contributed by atoms with van der Waals surface area (Å²) in [4.78, 5) is 32.8. The summed E-state index contributed by atoms with van der Waals surface area (Å²) in [5, 5.41) is 0. The van der Waals surface area contributed by atoms with Gasteiger partial charge in [0.25, 0.3) is 0 Å². The van der Waals surface area contributed by atoms with Crippen molar-refractivity contribution in [1.82, 2.24) is 4.90 Å². The van der Waals surface area contributed by atoms with Crippen LogP contribution in [-0.4, -0.2) is 40.9 Å². The number of methoxy groups -OCH3 is 1. The molecule has 0 saturated carbocycles. The minimum absolute atomic E-state index is 0.0639. The van der Waals surface area contributed by atoms with E-state index < -0.39 is 7.82 Å². The summed E-state index contributed by atoms with van der Waals surface area (Å²) in [6.07, 6.45) is 8.58. The zero-order valence-corrected chi connectivity index (χ0v) is 27.6. The van der Waals surface area contributed by atoms with Crippen LogP contribution in [0.4, 0.5) is 0 Å². The molecule has 0 radical (unpaired) electrons. The number of carbonyl (C=O) groups is 1. The molecule has 0 aliphatic rings. The number of phosphoric acid groups is 1. The molecule has 4 aromatic carbocycles. The lowest BCUT2D eigenvalue weighted by molar-refractivity contribution is -0.132. The van der Waals surface area contributed by atoms with Gasteiger partial charge in [0, 0.05) is 19.5 Å². The van der Waals surface area contributed by atoms with Gasteiger partial charge in [-0.25, -0.2) is 4.57 Å². The molecule has 4 aromatic rings. The van der Waals surface area contributed by atoms with Gasteiger partial charge in [-0.15, -0.1) is 0 Å². The van der Waals surface area contributed by atoms with Crippen molar-refractivity contribution >= 4 is 13.7 Å².